The van der Waals surface area contributed by atoms with E-state index in [-0.39, 0.29) is 35.8 Å². The normalized spacial score (nSPS) is 10.6. The second-order valence-corrected chi connectivity index (χ2v) is 6.53. The minimum absolute atomic E-state index is 0.0421. The van der Waals surface area contributed by atoms with Gasteiger partial charge in [0.15, 0.2) is 12.4 Å². The lowest BCUT2D eigenvalue weighted by Crippen LogP contribution is -2.16. The maximum atomic E-state index is 11.9. The molecule has 2 aromatic heterocycles. The summed E-state index contributed by atoms with van der Waals surface area (Å²) < 4.78 is 15.5. The van der Waals surface area contributed by atoms with Gasteiger partial charge in [-0.15, -0.1) is 22.0 Å². The summed E-state index contributed by atoms with van der Waals surface area (Å²) in [4.78, 5) is 23.6. The molecule has 1 amide bonds. The molecule has 0 saturated carbocycles. The van der Waals surface area contributed by atoms with Gasteiger partial charge in [-0.1, -0.05) is 12.1 Å². The second kappa shape index (κ2) is 9.04. The minimum atomic E-state index is -0.471. The summed E-state index contributed by atoms with van der Waals surface area (Å²) in [7, 11) is 0. The zero-order valence-electron chi connectivity index (χ0n) is 14.5. The Labute approximate surface area is 159 Å². The number of thioether (sulfide) groups is 1. The van der Waals surface area contributed by atoms with Gasteiger partial charge >= 0.3 is 5.97 Å². The zero-order valence-corrected chi connectivity index (χ0v) is 15.3. The van der Waals surface area contributed by atoms with Gasteiger partial charge in [0.05, 0.1) is 17.8 Å². The standard InChI is InChI=1S/C18H17N3O5S/c1-12-4-2-5-13(8-12)19-15(22)10-27-11-17(23)25-9-16-20-21-18(26-16)14-6-3-7-24-14/h2-8H,9-11H2,1H3,(H,19,22). The third-order valence-corrected chi connectivity index (χ3v) is 4.22. The first kappa shape index (κ1) is 18.7. The quantitative estimate of drug-likeness (QED) is 0.588. The van der Waals surface area contributed by atoms with Crippen molar-refractivity contribution in [2.24, 2.45) is 0 Å². The highest BCUT2D eigenvalue weighted by atomic mass is 32.2. The van der Waals surface area contributed by atoms with E-state index in [2.05, 4.69) is 15.5 Å². The fourth-order valence-corrected chi connectivity index (χ4v) is 2.75. The van der Waals surface area contributed by atoms with Crippen LogP contribution < -0.4 is 5.32 Å². The van der Waals surface area contributed by atoms with Crippen molar-refractivity contribution < 1.29 is 23.2 Å². The molecule has 0 aliphatic heterocycles. The molecule has 0 saturated heterocycles. The number of carbonyl (C=O) groups excluding carboxylic acids is 2. The van der Waals surface area contributed by atoms with Crippen LogP contribution in [0.15, 0.2) is 51.5 Å². The number of rotatable bonds is 8. The van der Waals surface area contributed by atoms with Crippen molar-refractivity contribution in [2.75, 3.05) is 16.8 Å². The van der Waals surface area contributed by atoms with Crippen molar-refractivity contribution in [1.29, 1.82) is 0 Å². The van der Waals surface area contributed by atoms with E-state index in [0.29, 0.717) is 5.76 Å². The van der Waals surface area contributed by atoms with Gasteiger partial charge in [0.25, 0.3) is 11.8 Å². The van der Waals surface area contributed by atoms with Crippen molar-refractivity contribution in [3.8, 4) is 11.7 Å². The van der Waals surface area contributed by atoms with Crippen LogP contribution in [0.25, 0.3) is 11.7 Å². The Morgan fingerprint density at radius 3 is 2.85 bits per heavy atom. The van der Waals surface area contributed by atoms with E-state index in [9.17, 15) is 9.59 Å². The van der Waals surface area contributed by atoms with Gasteiger partial charge < -0.3 is 18.9 Å². The second-order valence-electron chi connectivity index (χ2n) is 5.55. The summed E-state index contributed by atoms with van der Waals surface area (Å²) in [6.45, 7) is 1.81. The van der Waals surface area contributed by atoms with Crippen LogP contribution >= 0.6 is 11.8 Å². The fraction of sp³-hybridized carbons (Fsp3) is 0.222. The first-order valence-corrected chi connectivity index (χ1v) is 9.22. The molecule has 27 heavy (non-hydrogen) atoms. The predicted octanol–water partition coefficient (Wildman–Crippen LogP) is 3.05. The van der Waals surface area contributed by atoms with E-state index in [1.165, 1.54) is 6.26 Å². The van der Waals surface area contributed by atoms with Crippen molar-refractivity contribution >= 4 is 29.3 Å². The number of amides is 1. The summed E-state index contributed by atoms with van der Waals surface area (Å²) in [5, 5.41) is 10.4. The van der Waals surface area contributed by atoms with Crippen LogP contribution in [0.1, 0.15) is 11.5 Å². The minimum Gasteiger partial charge on any atom is -0.459 e. The SMILES string of the molecule is Cc1cccc(NC(=O)CSCC(=O)OCc2nnc(-c3ccco3)o2)c1. The molecular weight excluding hydrogens is 370 g/mol. The average molecular weight is 387 g/mol. The van der Waals surface area contributed by atoms with Crippen LogP contribution in [0.4, 0.5) is 5.69 Å². The van der Waals surface area contributed by atoms with Crippen molar-refractivity contribution in [3.05, 3.63) is 54.1 Å². The monoisotopic (exact) mass is 387 g/mol. The van der Waals surface area contributed by atoms with E-state index in [4.69, 9.17) is 13.6 Å². The van der Waals surface area contributed by atoms with Gasteiger partial charge in [-0.2, -0.15) is 0 Å². The molecular formula is C18H17N3O5S. The van der Waals surface area contributed by atoms with Crippen LogP contribution in [0.5, 0.6) is 0 Å². The predicted molar refractivity (Wildman–Crippen MR) is 98.9 cm³/mol. The highest BCUT2D eigenvalue weighted by Crippen LogP contribution is 2.18. The van der Waals surface area contributed by atoms with Crippen LogP contribution in [-0.4, -0.2) is 33.6 Å². The number of esters is 1. The molecule has 2 heterocycles. The van der Waals surface area contributed by atoms with Crippen LogP contribution in [0.2, 0.25) is 0 Å². The molecule has 0 fully saturated rings. The van der Waals surface area contributed by atoms with E-state index in [1.54, 1.807) is 12.1 Å². The summed E-state index contributed by atoms with van der Waals surface area (Å²) in [5.41, 5.74) is 1.78. The largest absolute Gasteiger partial charge is 0.459 e. The number of furan rings is 1. The molecule has 0 unspecified atom stereocenters. The summed E-state index contributed by atoms with van der Waals surface area (Å²) in [5.74, 6) is 0.354. The van der Waals surface area contributed by atoms with Crippen LogP contribution in [-0.2, 0) is 20.9 Å². The Kier molecular flexibility index (Phi) is 6.26. The van der Waals surface area contributed by atoms with Crippen molar-refractivity contribution in [3.63, 3.8) is 0 Å². The summed E-state index contributed by atoms with van der Waals surface area (Å²) in [6, 6.07) is 10.9. The average Bonchev–Trinajstić information content (AvgIpc) is 3.31. The molecule has 0 bridgehead atoms. The number of nitrogens with zero attached hydrogens (tertiary/aromatic N) is 2. The van der Waals surface area contributed by atoms with Crippen molar-refractivity contribution in [1.82, 2.24) is 10.2 Å². The first-order chi connectivity index (χ1) is 13.1. The molecule has 0 aliphatic rings. The number of anilines is 1. The summed E-state index contributed by atoms with van der Waals surface area (Å²) >= 11 is 1.16. The Balaban J connectivity index is 1.35. The maximum Gasteiger partial charge on any atom is 0.316 e. The number of hydrogen-bond acceptors (Lipinski definition) is 8. The number of nitrogens with one attached hydrogen (secondary N) is 1. The zero-order chi connectivity index (χ0) is 19.1. The maximum absolute atomic E-state index is 11.9. The van der Waals surface area contributed by atoms with Gasteiger partial charge in [0.1, 0.15) is 0 Å². The number of aromatic nitrogens is 2. The van der Waals surface area contributed by atoms with E-state index in [1.807, 2.05) is 31.2 Å². The number of aryl methyl sites for hydroxylation is 1. The Hall–Kier alpha value is -3.07. The van der Waals surface area contributed by atoms with Crippen molar-refractivity contribution in [2.45, 2.75) is 13.5 Å². The lowest BCUT2D eigenvalue weighted by Gasteiger charge is -2.06. The molecule has 0 radical (unpaired) electrons. The number of ether oxygens (including phenoxy) is 1. The Morgan fingerprint density at radius 1 is 1.19 bits per heavy atom. The molecule has 1 N–H and O–H groups in total. The van der Waals surface area contributed by atoms with E-state index >= 15 is 0 Å². The van der Waals surface area contributed by atoms with Gasteiger partial charge in [-0.3, -0.25) is 9.59 Å². The van der Waals surface area contributed by atoms with Gasteiger partial charge in [0, 0.05) is 5.69 Å². The number of benzene rings is 1. The van der Waals surface area contributed by atoms with E-state index < -0.39 is 5.97 Å². The van der Waals surface area contributed by atoms with Gasteiger partial charge in [0.2, 0.25) is 5.91 Å². The van der Waals surface area contributed by atoms with Crippen LogP contribution in [0.3, 0.4) is 0 Å². The summed E-state index contributed by atoms with van der Waals surface area (Å²) in [6.07, 6.45) is 1.49. The fourth-order valence-electron chi connectivity index (χ4n) is 2.14. The highest BCUT2D eigenvalue weighted by Gasteiger charge is 2.13. The molecule has 8 nitrogen and oxygen atoms in total. The third-order valence-electron chi connectivity index (χ3n) is 3.31. The highest BCUT2D eigenvalue weighted by molar-refractivity contribution is 8.00. The lowest BCUT2D eigenvalue weighted by molar-refractivity contribution is -0.142. The van der Waals surface area contributed by atoms with Gasteiger partial charge in [-0.05, 0) is 36.8 Å². The Morgan fingerprint density at radius 2 is 2.07 bits per heavy atom. The first-order valence-electron chi connectivity index (χ1n) is 8.06. The van der Waals surface area contributed by atoms with Gasteiger partial charge in [-0.25, -0.2) is 0 Å². The Bertz CT molecular complexity index is 907. The smallest absolute Gasteiger partial charge is 0.316 e. The molecule has 9 heteroatoms. The third kappa shape index (κ3) is 5.71. The molecule has 140 valence electrons. The molecule has 0 atom stereocenters. The molecule has 1 aromatic carbocycles. The number of hydrogen-bond donors (Lipinski definition) is 1. The molecule has 0 spiro atoms. The molecule has 0 aliphatic carbocycles. The van der Waals surface area contributed by atoms with E-state index in [0.717, 1.165) is 23.0 Å². The number of carbonyl (C=O) groups is 2. The molecule has 3 rings (SSSR count). The topological polar surface area (TPSA) is 107 Å². The molecule has 3 aromatic rings. The van der Waals surface area contributed by atoms with Crippen LogP contribution in [0, 0.1) is 6.92 Å². The lowest BCUT2D eigenvalue weighted by atomic mass is 10.2.